The number of rotatable bonds is 0. The number of nitrogens with one attached hydrogen (secondary N) is 1. The van der Waals surface area contributed by atoms with Crippen molar-refractivity contribution in [2.75, 3.05) is 13.6 Å². The molecule has 0 bridgehead atoms. The van der Waals surface area contributed by atoms with Gasteiger partial charge in [-0.15, -0.1) is 0 Å². The van der Waals surface area contributed by atoms with Gasteiger partial charge >= 0.3 is 0 Å². The first-order valence-corrected chi connectivity index (χ1v) is 3.24. The Labute approximate surface area is 59.9 Å². The van der Waals surface area contributed by atoms with Crippen LogP contribution in [0.1, 0.15) is 13.3 Å². The van der Waals surface area contributed by atoms with E-state index in [0.29, 0.717) is 0 Å². The molecule has 0 saturated carbocycles. The predicted octanol–water partition coefficient (Wildman–Crippen LogP) is -0.228. The van der Waals surface area contributed by atoms with E-state index in [-0.39, 0.29) is 5.91 Å². The summed E-state index contributed by atoms with van der Waals surface area (Å²) in [5, 5.41) is 8.50. The van der Waals surface area contributed by atoms with Gasteiger partial charge in [0, 0.05) is 26.9 Å². The first-order valence-electron chi connectivity index (χ1n) is 3.24. The van der Waals surface area contributed by atoms with E-state index in [2.05, 4.69) is 10.4 Å². The fraction of sp³-hybridized carbons (Fsp3) is 0.667. The number of amidine groups is 1. The van der Waals surface area contributed by atoms with Gasteiger partial charge in [-0.3, -0.25) is 9.80 Å². The normalized spacial score (nSPS) is 17.0. The standard InChI is InChI=1S/C6H11N3O/c1-5(10)7-6-3-4-9(2)8-6/h3-4H2,1-2H3,(H,7,8,10). The van der Waals surface area contributed by atoms with Gasteiger partial charge < -0.3 is 5.32 Å². The quantitative estimate of drug-likeness (QED) is 0.506. The summed E-state index contributed by atoms with van der Waals surface area (Å²) in [6, 6.07) is 0. The van der Waals surface area contributed by atoms with Gasteiger partial charge in [-0.05, 0) is 0 Å². The van der Waals surface area contributed by atoms with Crippen molar-refractivity contribution in [3.8, 4) is 0 Å². The molecule has 1 amide bonds. The molecule has 1 rings (SSSR count). The molecule has 1 heterocycles. The average molecular weight is 141 g/mol. The molecule has 1 N–H and O–H groups in total. The summed E-state index contributed by atoms with van der Waals surface area (Å²) in [5.41, 5.74) is 0. The number of amides is 1. The summed E-state index contributed by atoms with van der Waals surface area (Å²) in [6.07, 6.45) is 0.843. The zero-order chi connectivity index (χ0) is 7.56. The Kier molecular flexibility index (Phi) is 1.89. The van der Waals surface area contributed by atoms with Crippen LogP contribution in [0.15, 0.2) is 5.10 Å². The highest BCUT2D eigenvalue weighted by molar-refractivity contribution is 5.97. The fourth-order valence-corrected chi connectivity index (χ4v) is 0.864. The molecule has 4 nitrogen and oxygen atoms in total. The summed E-state index contributed by atoms with van der Waals surface area (Å²) in [5.74, 6) is 0.726. The van der Waals surface area contributed by atoms with Crippen molar-refractivity contribution in [1.82, 2.24) is 10.3 Å². The second-order valence-corrected chi connectivity index (χ2v) is 2.36. The first kappa shape index (κ1) is 7.05. The lowest BCUT2D eigenvalue weighted by Crippen LogP contribution is -2.26. The van der Waals surface area contributed by atoms with Gasteiger partial charge in [0.05, 0.1) is 0 Å². The van der Waals surface area contributed by atoms with Crippen molar-refractivity contribution in [3.05, 3.63) is 0 Å². The lowest BCUT2D eigenvalue weighted by molar-refractivity contribution is -0.117. The van der Waals surface area contributed by atoms with Crippen LogP contribution in [0.2, 0.25) is 0 Å². The van der Waals surface area contributed by atoms with E-state index in [1.54, 1.807) is 0 Å². The summed E-state index contributed by atoms with van der Waals surface area (Å²) < 4.78 is 0. The number of hydrazone groups is 1. The predicted molar refractivity (Wildman–Crippen MR) is 38.5 cm³/mol. The molecule has 0 aliphatic carbocycles. The molecular weight excluding hydrogens is 130 g/mol. The van der Waals surface area contributed by atoms with Crippen LogP contribution < -0.4 is 5.32 Å². The van der Waals surface area contributed by atoms with E-state index < -0.39 is 0 Å². The molecule has 0 saturated heterocycles. The van der Waals surface area contributed by atoms with Crippen molar-refractivity contribution < 1.29 is 4.79 Å². The number of hydrogen-bond acceptors (Lipinski definition) is 3. The molecule has 0 aromatic carbocycles. The molecule has 0 atom stereocenters. The molecule has 4 heteroatoms. The maximum atomic E-state index is 10.5. The molecule has 0 unspecified atom stereocenters. The van der Waals surface area contributed by atoms with Crippen LogP contribution in [-0.4, -0.2) is 30.3 Å². The minimum absolute atomic E-state index is 0.0472. The number of carbonyl (C=O) groups excluding carboxylic acids is 1. The minimum atomic E-state index is -0.0472. The summed E-state index contributed by atoms with van der Waals surface area (Å²) in [6.45, 7) is 2.39. The van der Waals surface area contributed by atoms with Gasteiger partial charge in [0.15, 0.2) is 0 Å². The summed E-state index contributed by atoms with van der Waals surface area (Å²) >= 11 is 0. The molecule has 0 aromatic heterocycles. The van der Waals surface area contributed by atoms with E-state index >= 15 is 0 Å². The number of nitrogens with zero attached hydrogens (tertiary/aromatic N) is 2. The number of hydrogen-bond donors (Lipinski definition) is 1. The van der Waals surface area contributed by atoms with Crippen molar-refractivity contribution in [2.45, 2.75) is 13.3 Å². The van der Waals surface area contributed by atoms with Gasteiger partial charge in [0.2, 0.25) is 5.91 Å². The topological polar surface area (TPSA) is 44.7 Å². The van der Waals surface area contributed by atoms with E-state index in [1.807, 2.05) is 12.1 Å². The minimum Gasteiger partial charge on any atom is -0.313 e. The fourth-order valence-electron chi connectivity index (χ4n) is 0.864. The van der Waals surface area contributed by atoms with Crippen LogP contribution in [0.25, 0.3) is 0 Å². The van der Waals surface area contributed by atoms with E-state index in [1.165, 1.54) is 6.92 Å². The zero-order valence-corrected chi connectivity index (χ0v) is 6.22. The van der Waals surface area contributed by atoms with Crippen molar-refractivity contribution >= 4 is 11.7 Å². The monoisotopic (exact) mass is 141 g/mol. The molecule has 56 valence electrons. The second-order valence-electron chi connectivity index (χ2n) is 2.36. The highest BCUT2D eigenvalue weighted by Gasteiger charge is 2.10. The van der Waals surface area contributed by atoms with Crippen LogP contribution in [0.4, 0.5) is 0 Å². The van der Waals surface area contributed by atoms with Crippen LogP contribution in [0, 0.1) is 0 Å². The maximum absolute atomic E-state index is 10.5. The molecule has 0 fully saturated rings. The highest BCUT2D eigenvalue weighted by Crippen LogP contribution is 1.99. The highest BCUT2D eigenvalue weighted by atomic mass is 16.1. The van der Waals surface area contributed by atoms with Gasteiger partial charge in [-0.25, -0.2) is 0 Å². The summed E-state index contributed by atoms with van der Waals surface area (Å²) in [4.78, 5) is 10.5. The lowest BCUT2D eigenvalue weighted by Gasteiger charge is -2.00. The van der Waals surface area contributed by atoms with Gasteiger partial charge in [0.25, 0.3) is 0 Å². The van der Waals surface area contributed by atoms with E-state index in [4.69, 9.17) is 0 Å². The molecule has 0 radical (unpaired) electrons. The zero-order valence-electron chi connectivity index (χ0n) is 6.22. The van der Waals surface area contributed by atoms with Gasteiger partial charge in [-0.1, -0.05) is 0 Å². The Bertz CT molecular complexity index is 176. The van der Waals surface area contributed by atoms with Gasteiger partial charge in [0.1, 0.15) is 5.84 Å². The summed E-state index contributed by atoms with van der Waals surface area (Å²) in [7, 11) is 1.88. The molecule has 1 aliphatic rings. The maximum Gasteiger partial charge on any atom is 0.222 e. The van der Waals surface area contributed by atoms with Crippen LogP contribution in [0.5, 0.6) is 0 Å². The van der Waals surface area contributed by atoms with Crippen LogP contribution in [-0.2, 0) is 4.79 Å². The Morgan fingerprint density at radius 2 is 2.50 bits per heavy atom. The Balaban J connectivity index is 2.43. The number of carbonyl (C=O) groups is 1. The third-order valence-electron chi connectivity index (χ3n) is 1.28. The van der Waals surface area contributed by atoms with Crippen molar-refractivity contribution in [3.63, 3.8) is 0 Å². The average Bonchev–Trinajstić information content (AvgIpc) is 2.13. The largest absolute Gasteiger partial charge is 0.313 e. The van der Waals surface area contributed by atoms with Crippen LogP contribution in [0.3, 0.4) is 0 Å². The Hall–Kier alpha value is -1.06. The molecule has 1 aliphatic heterocycles. The lowest BCUT2D eigenvalue weighted by atomic mass is 10.4. The molecule has 0 aromatic rings. The Morgan fingerprint density at radius 1 is 1.80 bits per heavy atom. The molecule has 0 spiro atoms. The van der Waals surface area contributed by atoms with Crippen molar-refractivity contribution in [1.29, 1.82) is 0 Å². The van der Waals surface area contributed by atoms with Crippen LogP contribution >= 0.6 is 0 Å². The third-order valence-corrected chi connectivity index (χ3v) is 1.28. The second kappa shape index (κ2) is 2.68. The molecule has 10 heavy (non-hydrogen) atoms. The third kappa shape index (κ3) is 1.72. The first-order chi connectivity index (χ1) is 4.68. The molecular formula is C6H11N3O. The van der Waals surface area contributed by atoms with Crippen molar-refractivity contribution in [2.24, 2.45) is 5.10 Å². The SMILES string of the molecule is CC(=O)NC1=NN(C)CC1. The van der Waals surface area contributed by atoms with Gasteiger partial charge in [-0.2, -0.15) is 5.10 Å². The van der Waals surface area contributed by atoms with E-state index in [0.717, 1.165) is 18.8 Å². The smallest absolute Gasteiger partial charge is 0.222 e. The Morgan fingerprint density at radius 3 is 2.90 bits per heavy atom. The van der Waals surface area contributed by atoms with E-state index in [9.17, 15) is 4.79 Å².